The summed E-state index contributed by atoms with van der Waals surface area (Å²) < 4.78 is 0. The average molecular weight is 304 g/mol. The lowest BCUT2D eigenvalue weighted by Gasteiger charge is -2.65. The zero-order valence-corrected chi connectivity index (χ0v) is 14.7. The Morgan fingerprint density at radius 3 is 2.50 bits per heavy atom. The van der Waals surface area contributed by atoms with Gasteiger partial charge in [0.25, 0.3) is 0 Å². The van der Waals surface area contributed by atoms with Gasteiger partial charge in [0.1, 0.15) is 6.29 Å². The lowest BCUT2D eigenvalue weighted by Crippen LogP contribution is -2.58. The maximum absolute atomic E-state index is 11.4. The van der Waals surface area contributed by atoms with Crippen LogP contribution in [0.3, 0.4) is 0 Å². The van der Waals surface area contributed by atoms with E-state index in [1.54, 1.807) is 0 Å². The van der Waals surface area contributed by atoms with Gasteiger partial charge < -0.3 is 5.11 Å². The van der Waals surface area contributed by atoms with Gasteiger partial charge in [-0.15, -0.1) is 0 Å². The van der Waals surface area contributed by atoms with Crippen LogP contribution < -0.4 is 0 Å². The van der Waals surface area contributed by atoms with Gasteiger partial charge in [-0.3, -0.25) is 4.79 Å². The van der Waals surface area contributed by atoms with Crippen molar-refractivity contribution in [1.82, 2.24) is 0 Å². The maximum atomic E-state index is 11.4. The van der Waals surface area contributed by atoms with E-state index >= 15 is 0 Å². The molecule has 3 aliphatic carbocycles. The first-order valence-corrected chi connectivity index (χ1v) is 9.05. The van der Waals surface area contributed by atoms with Crippen molar-refractivity contribution in [2.75, 3.05) is 6.61 Å². The Balaban J connectivity index is 2.04. The normalized spacial score (nSPS) is 47.1. The second-order valence-corrected chi connectivity index (χ2v) is 9.29. The Morgan fingerprint density at radius 2 is 1.86 bits per heavy atom. The molecule has 0 radical (unpaired) electrons. The zero-order chi connectivity index (χ0) is 16.2. The van der Waals surface area contributed by atoms with Crippen LogP contribution in [0.4, 0.5) is 0 Å². The quantitative estimate of drug-likeness (QED) is 0.769. The van der Waals surface area contributed by atoms with Gasteiger partial charge in [-0.1, -0.05) is 40.2 Å². The van der Waals surface area contributed by atoms with Gasteiger partial charge in [-0.2, -0.15) is 0 Å². The highest BCUT2D eigenvalue weighted by atomic mass is 16.3. The monoisotopic (exact) mass is 304 g/mol. The molecule has 0 aromatic rings. The first kappa shape index (κ1) is 16.2. The molecule has 0 bridgehead atoms. The Hall–Kier alpha value is -0.630. The van der Waals surface area contributed by atoms with Crippen molar-refractivity contribution in [1.29, 1.82) is 0 Å². The van der Waals surface area contributed by atoms with Crippen LogP contribution in [-0.2, 0) is 4.79 Å². The number of fused-ring (bicyclic) bond motifs is 3. The van der Waals surface area contributed by atoms with E-state index in [1.165, 1.54) is 25.7 Å². The smallest absolute Gasteiger partial charge is 0.146 e. The number of allylic oxidation sites excluding steroid dienone is 1. The molecular formula is C20H32O2. The average Bonchev–Trinajstić information content (AvgIpc) is 2.44. The first-order valence-electron chi connectivity index (χ1n) is 9.05. The lowest BCUT2D eigenvalue weighted by atomic mass is 9.40. The van der Waals surface area contributed by atoms with Gasteiger partial charge in [0, 0.05) is 5.92 Å². The summed E-state index contributed by atoms with van der Waals surface area (Å²) in [6, 6.07) is 0. The lowest BCUT2D eigenvalue weighted by molar-refractivity contribution is -0.150. The number of aliphatic hydroxyl groups is 1. The number of hydrogen-bond donors (Lipinski definition) is 1. The molecule has 3 aliphatic rings. The molecule has 0 spiro atoms. The molecule has 0 unspecified atom stereocenters. The molecule has 2 nitrogen and oxygen atoms in total. The molecule has 0 heterocycles. The van der Waals surface area contributed by atoms with Crippen molar-refractivity contribution in [2.45, 2.75) is 66.2 Å². The summed E-state index contributed by atoms with van der Waals surface area (Å²) in [6.45, 7) is 9.88. The summed E-state index contributed by atoms with van der Waals surface area (Å²) in [6.07, 6.45) is 10.5. The van der Waals surface area contributed by atoms with E-state index in [4.69, 9.17) is 0 Å². The molecule has 0 aliphatic heterocycles. The van der Waals surface area contributed by atoms with Crippen LogP contribution in [0.1, 0.15) is 66.2 Å². The van der Waals surface area contributed by atoms with Crippen molar-refractivity contribution < 1.29 is 9.90 Å². The van der Waals surface area contributed by atoms with Crippen molar-refractivity contribution in [3.05, 3.63) is 11.6 Å². The predicted octanol–water partition coefficient (Wildman–Crippen LogP) is 4.37. The molecule has 22 heavy (non-hydrogen) atoms. The van der Waals surface area contributed by atoms with Crippen LogP contribution in [0.2, 0.25) is 0 Å². The molecule has 0 saturated heterocycles. The van der Waals surface area contributed by atoms with E-state index in [9.17, 15) is 9.90 Å². The first-order chi connectivity index (χ1) is 10.3. The third-order valence-corrected chi connectivity index (χ3v) is 7.95. The summed E-state index contributed by atoms with van der Waals surface area (Å²) >= 11 is 0. The van der Waals surface area contributed by atoms with Gasteiger partial charge in [0.05, 0.1) is 6.61 Å². The van der Waals surface area contributed by atoms with Gasteiger partial charge in [0.15, 0.2) is 0 Å². The van der Waals surface area contributed by atoms with Crippen LogP contribution in [0.25, 0.3) is 0 Å². The molecule has 124 valence electrons. The van der Waals surface area contributed by atoms with Crippen LogP contribution in [0.5, 0.6) is 0 Å². The third-order valence-electron chi connectivity index (χ3n) is 7.95. The molecule has 2 fully saturated rings. The molecular weight excluding hydrogens is 272 g/mol. The highest BCUT2D eigenvalue weighted by molar-refractivity contribution is 5.74. The van der Waals surface area contributed by atoms with Crippen LogP contribution in [0, 0.1) is 34.0 Å². The van der Waals surface area contributed by atoms with E-state index in [0.29, 0.717) is 16.7 Å². The third kappa shape index (κ3) is 2.06. The second kappa shape index (κ2) is 5.19. The molecule has 3 rings (SSSR count). The van der Waals surface area contributed by atoms with E-state index in [1.807, 2.05) is 0 Å². The van der Waals surface area contributed by atoms with Crippen LogP contribution >= 0.6 is 0 Å². The Labute approximate surface area is 135 Å². The minimum Gasteiger partial charge on any atom is -0.396 e. The summed E-state index contributed by atoms with van der Waals surface area (Å²) in [4.78, 5) is 11.4. The number of carbonyl (C=O) groups excluding carboxylic acids is 1. The number of aldehydes is 1. The Bertz CT molecular complexity index is 492. The Kier molecular flexibility index (Phi) is 3.83. The highest BCUT2D eigenvalue weighted by Gasteiger charge is 2.60. The van der Waals surface area contributed by atoms with Crippen molar-refractivity contribution in [3.8, 4) is 0 Å². The van der Waals surface area contributed by atoms with E-state index in [0.717, 1.165) is 30.6 Å². The summed E-state index contributed by atoms with van der Waals surface area (Å²) in [5, 5.41) is 9.98. The SMILES string of the molecule is CC1(C)CCC[C@]2(C)[C@H]3CC=C(C=O)[C@@H](CO)[C@]3(C)CC[C@@H]12. The highest BCUT2D eigenvalue weighted by Crippen LogP contribution is 2.68. The maximum Gasteiger partial charge on any atom is 0.146 e. The fourth-order valence-electron chi connectivity index (χ4n) is 6.86. The molecule has 1 N–H and O–H groups in total. The molecule has 5 atom stereocenters. The Morgan fingerprint density at radius 1 is 1.14 bits per heavy atom. The van der Waals surface area contributed by atoms with Crippen molar-refractivity contribution in [3.63, 3.8) is 0 Å². The van der Waals surface area contributed by atoms with Crippen molar-refractivity contribution >= 4 is 6.29 Å². The summed E-state index contributed by atoms with van der Waals surface area (Å²) in [5.41, 5.74) is 1.71. The topological polar surface area (TPSA) is 37.3 Å². The van der Waals surface area contributed by atoms with Crippen molar-refractivity contribution in [2.24, 2.45) is 34.0 Å². The standard InChI is InChI=1S/C20H32O2/c1-18(2)9-5-10-20(4)16(18)8-11-19(3)15(13-22)14(12-21)6-7-17(19)20/h6,12,15-17,22H,5,7-11,13H2,1-4H3/t15-,16+,17+,19+,20+/m1/s1. The molecule has 2 saturated carbocycles. The summed E-state index contributed by atoms with van der Waals surface area (Å²) in [5.74, 6) is 1.41. The minimum atomic E-state index is 0.0339. The van der Waals surface area contributed by atoms with E-state index in [2.05, 4.69) is 33.8 Å². The van der Waals surface area contributed by atoms with E-state index in [-0.39, 0.29) is 17.9 Å². The fraction of sp³-hybridized carbons (Fsp3) is 0.850. The molecule has 2 heteroatoms. The van der Waals surface area contributed by atoms with Gasteiger partial charge in [-0.25, -0.2) is 0 Å². The van der Waals surface area contributed by atoms with Crippen LogP contribution in [0.15, 0.2) is 11.6 Å². The molecule has 0 aromatic carbocycles. The van der Waals surface area contributed by atoms with Gasteiger partial charge >= 0.3 is 0 Å². The molecule has 0 amide bonds. The van der Waals surface area contributed by atoms with Crippen LogP contribution in [-0.4, -0.2) is 18.0 Å². The van der Waals surface area contributed by atoms with Gasteiger partial charge in [0.2, 0.25) is 0 Å². The summed E-state index contributed by atoms with van der Waals surface area (Å²) in [7, 11) is 0. The minimum absolute atomic E-state index is 0.0339. The fourth-order valence-corrected chi connectivity index (χ4v) is 6.86. The van der Waals surface area contributed by atoms with Gasteiger partial charge in [-0.05, 0) is 65.8 Å². The molecule has 0 aromatic heterocycles. The number of aliphatic hydroxyl groups excluding tert-OH is 1. The number of rotatable bonds is 2. The zero-order valence-electron chi connectivity index (χ0n) is 14.7. The number of carbonyl (C=O) groups is 1. The largest absolute Gasteiger partial charge is 0.396 e. The second-order valence-electron chi connectivity index (χ2n) is 9.29. The predicted molar refractivity (Wildman–Crippen MR) is 89.4 cm³/mol. The number of hydrogen-bond acceptors (Lipinski definition) is 2. The van der Waals surface area contributed by atoms with E-state index < -0.39 is 0 Å².